The van der Waals surface area contributed by atoms with Gasteiger partial charge in [-0.2, -0.15) is 5.10 Å². The van der Waals surface area contributed by atoms with Gasteiger partial charge in [0.05, 0.1) is 19.3 Å². The zero-order chi connectivity index (χ0) is 18.4. The number of amides is 1. The fourth-order valence-corrected chi connectivity index (χ4v) is 2.70. The molecule has 26 heavy (non-hydrogen) atoms. The van der Waals surface area contributed by atoms with Crippen molar-refractivity contribution in [1.82, 2.24) is 9.99 Å². The third kappa shape index (κ3) is 4.24. The van der Waals surface area contributed by atoms with Gasteiger partial charge in [-0.1, -0.05) is 35.7 Å². The standard InChI is InChI=1S/C20H17ClN4O/c1-2-11-25-14-15(18-5-3-4-6-19(18)25)12-23-24-20(26)13-22-17-9-7-16(21)8-10-17/h1,3-10,12,14,22H,11,13H2,(H,24,26)/b23-12-. The first-order chi connectivity index (χ1) is 12.7. The SMILES string of the molecule is C#CCn1cc(/C=N\NC(=O)CNc2ccc(Cl)cc2)c2ccccc21. The molecule has 0 radical (unpaired) electrons. The number of anilines is 1. The number of hydrogen-bond acceptors (Lipinski definition) is 3. The summed E-state index contributed by atoms with van der Waals surface area (Å²) in [6.45, 7) is 0.587. The van der Waals surface area contributed by atoms with Crippen LogP contribution in [-0.4, -0.2) is 23.2 Å². The highest BCUT2D eigenvalue weighted by molar-refractivity contribution is 6.30. The molecule has 3 aromatic rings. The van der Waals surface area contributed by atoms with E-state index in [9.17, 15) is 4.79 Å². The number of para-hydroxylation sites is 1. The second-order valence-corrected chi connectivity index (χ2v) is 6.02. The number of aromatic nitrogens is 1. The van der Waals surface area contributed by atoms with Crippen LogP contribution in [0.4, 0.5) is 5.69 Å². The molecule has 0 spiro atoms. The van der Waals surface area contributed by atoms with E-state index in [-0.39, 0.29) is 12.5 Å². The Balaban J connectivity index is 1.61. The van der Waals surface area contributed by atoms with Gasteiger partial charge < -0.3 is 9.88 Å². The van der Waals surface area contributed by atoms with Crippen LogP contribution in [0.3, 0.4) is 0 Å². The van der Waals surface area contributed by atoms with E-state index < -0.39 is 0 Å². The molecular formula is C20H17ClN4O. The summed E-state index contributed by atoms with van der Waals surface area (Å²) in [6, 6.07) is 15.0. The quantitative estimate of drug-likeness (QED) is 0.399. The third-order valence-electron chi connectivity index (χ3n) is 3.77. The number of rotatable bonds is 6. The first-order valence-electron chi connectivity index (χ1n) is 8.00. The lowest BCUT2D eigenvalue weighted by atomic mass is 10.2. The topological polar surface area (TPSA) is 58.4 Å². The van der Waals surface area contributed by atoms with Crippen molar-refractivity contribution >= 4 is 40.3 Å². The number of nitrogens with zero attached hydrogens (tertiary/aromatic N) is 2. The number of carbonyl (C=O) groups excluding carboxylic acids is 1. The highest BCUT2D eigenvalue weighted by Crippen LogP contribution is 2.19. The maximum atomic E-state index is 11.9. The zero-order valence-corrected chi connectivity index (χ0v) is 14.7. The molecule has 6 heteroatoms. The lowest BCUT2D eigenvalue weighted by Crippen LogP contribution is -2.25. The second-order valence-electron chi connectivity index (χ2n) is 5.59. The van der Waals surface area contributed by atoms with Crippen molar-refractivity contribution in [3.63, 3.8) is 0 Å². The van der Waals surface area contributed by atoms with Crippen LogP contribution in [0.2, 0.25) is 5.02 Å². The van der Waals surface area contributed by atoms with Crippen molar-refractivity contribution in [3.05, 3.63) is 65.3 Å². The van der Waals surface area contributed by atoms with Gasteiger partial charge in [-0.25, -0.2) is 5.43 Å². The normalized spacial score (nSPS) is 10.8. The Bertz CT molecular complexity index is 983. The number of carbonyl (C=O) groups is 1. The Morgan fingerprint density at radius 1 is 1.23 bits per heavy atom. The lowest BCUT2D eigenvalue weighted by Gasteiger charge is -2.04. The van der Waals surface area contributed by atoms with Crippen molar-refractivity contribution < 1.29 is 4.79 Å². The van der Waals surface area contributed by atoms with Crippen LogP contribution in [0.25, 0.3) is 10.9 Å². The Morgan fingerprint density at radius 3 is 2.77 bits per heavy atom. The molecule has 2 aromatic carbocycles. The minimum Gasteiger partial charge on any atom is -0.376 e. The number of nitrogens with one attached hydrogen (secondary N) is 2. The van der Waals surface area contributed by atoms with Gasteiger partial charge >= 0.3 is 0 Å². The van der Waals surface area contributed by atoms with E-state index in [1.54, 1.807) is 30.5 Å². The molecule has 0 saturated heterocycles. The second kappa shape index (κ2) is 8.24. The molecule has 0 aliphatic heterocycles. The largest absolute Gasteiger partial charge is 0.376 e. The predicted octanol–water partition coefficient (Wildman–Crippen LogP) is 3.49. The van der Waals surface area contributed by atoms with Crippen LogP contribution in [0.5, 0.6) is 0 Å². The minimum absolute atomic E-state index is 0.109. The number of hydrazone groups is 1. The first-order valence-corrected chi connectivity index (χ1v) is 8.38. The maximum absolute atomic E-state index is 11.9. The van der Waals surface area contributed by atoms with Gasteiger partial charge in [-0.3, -0.25) is 4.79 Å². The molecule has 0 atom stereocenters. The van der Waals surface area contributed by atoms with E-state index in [1.807, 2.05) is 35.0 Å². The van der Waals surface area contributed by atoms with Crippen molar-refractivity contribution in [2.75, 3.05) is 11.9 Å². The average molecular weight is 365 g/mol. The highest BCUT2D eigenvalue weighted by atomic mass is 35.5. The first kappa shape index (κ1) is 17.6. The summed E-state index contributed by atoms with van der Waals surface area (Å²) < 4.78 is 1.97. The summed E-state index contributed by atoms with van der Waals surface area (Å²) in [4.78, 5) is 11.9. The summed E-state index contributed by atoms with van der Waals surface area (Å²) in [5.41, 5.74) is 5.24. The molecule has 3 rings (SSSR count). The van der Waals surface area contributed by atoms with Gasteiger partial charge in [-0.15, -0.1) is 6.42 Å². The fraction of sp³-hybridized carbons (Fsp3) is 0.100. The van der Waals surface area contributed by atoms with E-state index in [1.165, 1.54) is 0 Å². The zero-order valence-electron chi connectivity index (χ0n) is 13.9. The van der Waals surface area contributed by atoms with Gasteiger partial charge in [0.25, 0.3) is 5.91 Å². The van der Waals surface area contributed by atoms with Crippen LogP contribution in [0, 0.1) is 12.3 Å². The van der Waals surface area contributed by atoms with Crippen LogP contribution >= 0.6 is 11.6 Å². The van der Waals surface area contributed by atoms with Crippen LogP contribution in [0.1, 0.15) is 5.56 Å². The molecule has 0 aliphatic carbocycles. The molecule has 0 saturated carbocycles. The van der Waals surface area contributed by atoms with E-state index in [0.717, 1.165) is 22.2 Å². The monoisotopic (exact) mass is 364 g/mol. The van der Waals surface area contributed by atoms with Crippen molar-refractivity contribution in [2.45, 2.75) is 6.54 Å². The summed E-state index contributed by atoms with van der Waals surface area (Å²) >= 11 is 5.83. The number of terminal acetylenes is 1. The van der Waals surface area contributed by atoms with Crippen LogP contribution in [0.15, 0.2) is 59.8 Å². The Hall–Kier alpha value is -3.23. The lowest BCUT2D eigenvalue weighted by molar-refractivity contribution is -0.119. The third-order valence-corrected chi connectivity index (χ3v) is 4.02. The number of fused-ring (bicyclic) bond motifs is 1. The van der Waals surface area contributed by atoms with E-state index in [4.69, 9.17) is 18.0 Å². The molecular weight excluding hydrogens is 348 g/mol. The van der Waals surface area contributed by atoms with Gasteiger partial charge in [0.2, 0.25) is 0 Å². The Morgan fingerprint density at radius 2 is 2.00 bits per heavy atom. The van der Waals surface area contributed by atoms with Gasteiger partial charge in [-0.05, 0) is 30.3 Å². The van der Waals surface area contributed by atoms with Crippen LogP contribution < -0.4 is 10.7 Å². The molecule has 0 unspecified atom stereocenters. The van der Waals surface area contributed by atoms with E-state index in [0.29, 0.717) is 11.6 Å². The molecule has 2 N–H and O–H groups in total. The number of halogens is 1. The summed E-state index contributed by atoms with van der Waals surface area (Å²) in [6.07, 6.45) is 8.96. The van der Waals surface area contributed by atoms with Crippen molar-refractivity contribution in [2.24, 2.45) is 5.10 Å². The highest BCUT2D eigenvalue weighted by Gasteiger charge is 2.06. The van der Waals surface area contributed by atoms with Gasteiger partial charge in [0, 0.05) is 33.4 Å². The van der Waals surface area contributed by atoms with E-state index >= 15 is 0 Å². The molecule has 1 amide bonds. The summed E-state index contributed by atoms with van der Waals surface area (Å²) in [7, 11) is 0. The minimum atomic E-state index is -0.247. The Labute approximate surface area is 156 Å². The molecule has 5 nitrogen and oxygen atoms in total. The van der Waals surface area contributed by atoms with Gasteiger partial charge in [0.15, 0.2) is 0 Å². The van der Waals surface area contributed by atoms with Crippen molar-refractivity contribution in [1.29, 1.82) is 0 Å². The molecule has 1 aromatic heterocycles. The predicted molar refractivity (Wildman–Crippen MR) is 106 cm³/mol. The summed E-state index contributed by atoms with van der Waals surface area (Å²) in [5, 5.41) is 8.72. The van der Waals surface area contributed by atoms with Crippen LogP contribution in [-0.2, 0) is 11.3 Å². The maximum Gasteiger partial charge on any atom is 0.259 e. The molecule has 0 bridgehead atoms. The molecule has 1 heterocycles. The smallest absolute Gasteiger partial charge is 0.259 e. The number of benzene rings is 2. The van der Waals surface area contributed by atoms with Crippen molar-refractivity contribution in [3.8, 4) is 12.3 Å². The molecule has 130 valence electrons. The molecule has 0 fully saturated rings. The summed E-state index contributed by atoms with van der Waals surface area (Å²) in [5.74, 6) is 2.39. The van der Waals surface area contributed by atoms with Gasteiger partial charge in [0.1, 0.15) is 0 Å². The average Bonchev–Trinajstić information content (AvgIpc) is 3.00. The number of hydrogen-bond donors (Lipinski definition) is 2. The molecule has 0 aliphatic rings. The van der Waals surface area contributed by atoms with E-state index in [2.05, 4.69) is 21.8 Å². The Kier molecular flexibility index (Phi) is 5.57. The fourth-order valence-electron chi connectivity index (χ4n) is 2.57.